The van der Waals surface area contributed by atoms with Crippen LogP contribution >= 0.6 is 0 Å². The summed E-state index contributed by atoms with van der Waals surface area (Å²) in [6.45, 7) is 3.32. The number of nitrogens with one attached hydrogen (secondary N) is 1. The molecule has 0 radical (unpaired) electrons. The third-order valence-corrected chi connectivity index (χ3v) is 4.48. The van der Waals surface area contributed by atoms with Gasteiger partial charge in [0.25, 0.3) is 0 Å². The summed E-state index contributed by atoms with van der Waals surface area (Å²) >= 11 is 0. The third-order valence-electron chi connectivity index (χ3n) is 4.48. The summed E-state index contributed by atoms with van der Waals surface area (Å²) in [7, 11) is 3.42. The number of rotatable bonds is 7. The lowest BCUT2D eigenvalue weighted by Gasteiger charge is -2.26. The topological polar surface area (TPSA) is 33.7 Å². The third kappa shape index (κ3) is 3.89. The Balaban J connectivity index is 1.69. The van der Waals surface area contributed by atoms with Crippen molar-refractivity contribution in [2.45, 2.75) is 44.3 Å². The second kappa shape index (κ2) is 6.67. The summed E-state index contributed by atoms with van der Waals surface area (Å²) in [6, 6.07) is 7.62. The molecule has 0 aromatic heterocycles. The molecule has 21 heavy (non-hydrogen) atoms. The molecule has 0 spiro atoms. The first-order valence-corrected chi connectivity index (χ1v) is 7.98. The molecule has 1 aromatic carbocycles. The number of ether oxygens (including phenoxy) is 2. The van der Waals surface area contributed by atoms with E-state index < -0.39 is 0 Å². The first-order valence-electron chi connectivity index (χ1n) is 7.98. The summed E-state index contributed by atoms with van der Waals surface area (Å²) in [4.78, 5) is 2.62. The van der Waals surface area contributed by atoms with Crippen molar-refractivity contribution < 1.29 is 9.47 Å². The summed E-state index contributed by atoms with van der Waals surface area (Å²) in [6.07, 6.45) is 5.31. The van der Waals surface area contributed by atoms with Crippen LogP contribution in [-0.4, -0.2) is 44.3 Å². The predicted molar refractivity (Wildman–Crippen MR) is 84.0 cm³/mol. The maximum Gasteiger partial charge on any atom is 0.122 e. The Labute approximate surface area is 127 Å². The molecule has 2 aliphatic rings. The van der Waals surface area contributed by atoms with Crippen LogP contribution in [-0.2, 0) is 6.54 Å². The highest BCUT2D eigenvalue weighted by Crippen LogP contribution is 2.31. The molecular formula is C17H26N2O2. The van der Waals surface area contributed by atoms with Crippen molar-refractivity contribution in [1.82, 2.24) is 10.2 Å². The lowest BCUT2D eigenvalue weighted by Crippen LogP contribution is -2.38. The van der Waals surface area contributed by atoms with E-state index in [0.717, 1.165) is 30.6 Å². The summed E-state index contributed by atoms with van der Waals surface area (Å²) in [5, 5.41) is 3.61. The van der Waals surface area contributed by atoms with Crippen LogP contribution in [0.1, 0.15) is 31.2 Å². The fraction of sp³-hybridized carbons (Fsp3) is 0.647. The first-order chi connectivity index (χ1) is 10.3. The Hall–Kier alpha value is -1.26. The van der Waals surface area contributed by atoms with Crippen LogP contribution in [0.2, 0.25) is 0 Å². The Morgan fingerprint density at radius 3 is 2.33 bits per heavy atom. The molecule has 1 aliphatic heterocycles. The molecule has 116 valence electrons. The lowest BCUT2D eigenvalue weighted by atomic mass is 10.1. The van der Waals surface area contributed by atoms with Gasteiger partial charge in [0.05, 0.1) is 14.2 Å². The molecule has 0 bridgehead atoms. The van der Waals surface area contributed by atoms with E-state index in [2.05, 4.69) is 22.3 Å². The molecule has 3 rings (SSSR count). The van der Waals surface area contributed by atoms with E-state index in [1.807, 2.05) is 6.07 Å². The maximum absolute atomic E-state index is 5.38. The Morgan fingerprint density at radius 2 is 1.81 bits per heavy atom. The van der Waals surface area contributed by atoms with Crippen LogP contribution in [0.5, 0.6) is 11.5 Å². The van der Waals surface area contributed by atoms with Crippen molar-refractivity contribution >= 4 is 0 Å². The number of benzene rings is 1. The summed E-state index contributed by atoms with van der Waals surface area (Å²) in [5.74, 6) is 1.75. The molecule has 1 saturated heterocycles. The number of nitrogens with zero attached hydrogens (tertiary/aromatic N) is 1. The molecule has 1 aliphatic carbocycles. The van der Waals surface area contributed by atoms with Crippen LogP contribution in [0, 0.1) is 0 Å². The Kier molecular flexibility index (Phi) is 4.66. The second-order valence-corrected chi connectivity index (χ2v) is 6.17. The van der Waals surface area contributed by atoms with Gasteiger partial charge in [-0.1, -0.05) is 0 Å². The van der Waals surface area contributed by atoms with Crippen LogP contribution in [0.15, 0.2) is 18.2 Å². The molecule has 2 fully saturated rings. The molecule has 1 unspecified atom stereocenters. The first kappa shape index (κ1) is 14.7. The molecule has 4 nitrogen and oxygen atoms in total. The van der Waals surface area contributed by atoms with Gasteiger partial charge in [-0.05, 0) is 49.9 Å². The van der Waals surface area contributed by atoms with Crippen molar-refractivity contribution in [2.24, 2.45) is 0 Å². The summed E-state index contributed by atoms with van der Waals surface area (Å²) < 4.78 is 10.8. The van der Waals surface area contributed by atoms with Crippen molar-refractivity contribution in [2.75, 3.05) is 27.3 Å². The smallest absolute Gasteiger partial charge is 0.122 e. The molecule has 4 heteroatoms. The van der Waals surface area contributed by atoms with E-state index in [4.69, 9.17) is 9.47 Å². The molecule has 1 heterocycles. The highest BCUT2D eigenvalue weighted by molar-refractivity contribution is 5.38. The normalized spacial score (nSPS) is 21.8. The van der Waals surface area contributed by atoms with E-state index in [1.165, 1.54) is 37.8 Å². The van der Waals surface area contributed by atoms with Crippen LogP contribution in [0.25, 0.3) is 0 Å². The average molecular weight is 290 g/mol. The van der Waals surface area contributed by atoms with Gasteiger partial charge < -0.3 is 14.8 Å². The quantitative estimate of drug-likeness (QED) is 0.836. The van der Waals surface area contributed by atoms with E-state index in [9.17, 15) is 0 Å². The number of hydrogen-bond acceptors (Lipinski definition) is 4. The minimum atomic E-state index is 0.665. The Bertz CT molecular complexity index is 446. The van der Waals surface area contributed by atoms with Crippen molar-refractivity contribution in [3.05, 3.63) is 23.8 Å². The van der Waals surface area contributed by atoms with Gasteiger partial charge in [-0.15, -0.1) is 0 Å². The van der Waals surface area contributed by atoms with E-state index >= 15 is 0 Å². The minimum Gasteiger partial charge on any atom is -0.497 e. The monoisotopic (exact) mass is 290 g/mol. The van der Waals surface area contributed by atoms with Crippen LogP contribution < -0.4 is 14.8 Å². The standard InChI is InChI=1S/C17H26N2O2/c1-20-16-8-13(9-17(10-16)21-2)11-19(15-5-6-15)12-14-4-3-7-18-14/h8-10,14-15,18H,3-7,11-12H2,1-2H3. The van der Waals surface area contributed by atoms with E-state index in [0.29, 0.717) is 6.04 Å². The van der Waals surface area contributed by atoms with Crippen LogP contribution in [0.4, 0.5) is 0 Å². The van der Waals surface area contributed by atoms with Crippen LogP contribution in [0.3, 0.4) is 0 Å². The molecule has 1 atom stereocenters. The molecule has 1 aromatic rings. The predicted octanol–water partition coefficient (Wildman–Crippen LogP) is 2.42. The van der Waals surface area contributed by atoms with E-state index in [1.54, 1.807) is 14.2 Å². The van der Waals surface area contributed by atoms with Gasteiger partial charge in [0, 0.05) is 31.2 Å². The van der Waals surface area contributed by atoms with Gasteiger partial charge in [-0.2, -0.15) is 0 Å². The fourth-order valence-corrected chi connectivity index (χ4v) is 3.17. The lowest BCUT2D eigenvalue weighted by molar-refractivity contribution is 0.230. The van der Waals surface area contributed by atoms with Crippen molar-refractivity contribution in [3.8, 4) is 11.5 Å². The molecule has 0 amide bonds. The SMILES string of the molecule is COc1cc(CN(CC2CCCN2)C2CC2)cc(OC)c1. The molecular weight excluding hydrogens is 264 g/mol. The van der Waals surface area contributed by atoms with Gasteiger partial charge in [0.1, 0.15) is 11.5 Å². The maximum atomic E-state index is 5.38. The largest absolute Gasteiger partial charge is 0.497 e. The number of hydrogen-bond donors (Lipinski definition) is 1. The zero-order valence-electron chi connectivity index (χ0n) is 13.1. The van der Waals surface area contributed by atoms with Gasteiger partial charge in [0.2, 0.25) is 0 Å². The highest BCUT2D eigenvalue weighted by atomic mass is 16.5. The fourth-order valence-electron chi connectivity index (χ4n) is 3.17. The zero-order valence-corrected chi connectivity index (χ0v) is 13.1. The average Bonchev–Trinajstić information content (AvgIpc) is 3.24. The van der Waals surface area contributed by atoms with Gasteiger partial charge in [0.15, 0.2) is 0 Å². The minimum absolute atomic E-state index is 0.665. The zero-order chi connectivity index (χ0) is 14.7. The number of methoxy groups -OCH3 is 2. The Morgan fingerprint density at radius 1 is 1.10 bits per heavy atom. The second-order valence-electron chi connectivity index (χ2n) is 6.17. The summed E-state index contributed by atoms with van der Waals surface area (Å²) in [5.41, 5.74) is 1.27. The van der Waals surface area contributed by atoms with E-state index in [-0.39, 0.29) is 0 Å². The molecule has 1 N–H and O–H groups in total. The van der Waals surface area contributed by atoms with Crippen molar-refractivity contribution in [3.63, 3.8) is 0 Å². The van der Waals surface area contributed by atoms with Gasteiger partial charge >= 0.3 is 0 Å². The molecule has 1 saturated carbocycles. The highest BCUT2D eigenvalue weighted by Gasteiger charge is 2.31. The van der Waals surface area contributed by atoms with Gasteiger partial charge in [-0.25, -0.2) is 0 Å². The van der Waals surface area contributed by atoms with Gasteiger partial charge in [-0.3, -0.25) is 4.90 Å². The van der Waals surface area contributed by atoms with Crippen molar-refractivity contribution in [1.29, 1.82) is 0 Å².